The molecule has 0 N–H and O–H groups in total. The van der Waals surface area contributed by atoms with E-state index in [4.69, 9.17) is 0 Å². The SMILES string of the molecule is Cc1cc(C(=O)N(Cc2ccccc2C)c2ccccc2C)n(C)n1. The molecule has 1 heterocycles. The van der Waals surface area contributed by atoms with Gasteiger partial charge >= 0.3 is 0 Å². The molecule has 0 bridgehead atoms. The van der Waals surface area contributed by atoms with E-state index in [1.807, 2.05) is 68.3 Å². The van der Waals surface area contributed by atoms with Gasteiger partial charge in [0.15, 0.2) is 0 Å². The molecule has 128 valence electrons. The molecule has 0 atom stereocenters. The predicted molar refractivity (Wildman–Crippen MR) is 101 cm³/mol. The molecular formula is C21H23N3O. The van der Waals surface area contributed by atoms with E-state index in [0.29, 0.717) is 12.2 Å². The van der Waals surface area contributed by atoms with Crippen molar-refractivity contribution in [3.8, 4) is 0 Å². The fourth-order valence-electron chi connectivity index (χ4n) is 3.04. The number of nitrogens with zero attached hydrogens (tertiary/aromatic N) is 3. The van der Waals surface area contributed by atoms with Crippen LogP contribution in [0.1, 0.15) is 32.9 Å². The number of rotatable bonds is 4. The molecule has 3 rings (SSSR count). The lowest BCUT2D eigenvalue weighted by Gasteiger charge is -2.25. The van der Waals surface area contributed by atoms with Crippen LogP contribution in [-0.4, -0.2) is 15.7 Å². The van der Waals surface area contributed by atoms with Crippen molar-refractivity contribution in [1.29, 1.82) is 0 Å². The third kappa shape index (κ3) is 3.48. The van der Waals surface area contributed by atoms with E-state index in [-0.39, 0.29) is 5.91 Å². The van der Waals surface area contributed by atoms with Crippen LogP contribution in [0, 0.1) is 20.8 Å². The summed E-state index contributed by atoms with van der Waals surface area (Å²) in [5.74, 6) is -0.0411. The third-order valence-corrected chi connectivity index (χ3v) is 4.46. The Kier molecular flexibility index (Phi) is 4.70. The smallest absolute Gasteiger partial charge is 0.276 e. The van der Waals surface area contributed by atoms with Crippen molar-refractivity contribution in [2.45, 2.75) is 27.3 Å². The Morgan fingerprint density at radius 3 is 2.24 bits per heavy atom. The van der Waals surface area contributed by atoms with Crippen LogP contribution in [0.25, 0.3) is 0 Å². The molecular weight excluding hydrogens is 310 g/mol. The number of carbonyl (C=O) groups excluding carboxylic acids is 1. The molecule has 3 aromatic rings. The van der Waals surface area contributed by atoms with Gasteiger partial charge in [-0.1, -0.05) is 42.5 Å². The minimum atomic E-state index is -0.0411. The molecule has 0 saturated carbocycles. The zero-order valence-corrected chi connectivity index (χ0v) is 15.2. The summed E-state index contributed by atoms with van der Waals surface area (Å²) < 4.78 is 1.65. The summed E-state index contributed by atoms with van der Waals surface area (Å²) >= 11 is 0. The number of benzene rings is 2. The van der Waals surface area contributed by atoms with Crippen LogP contribution < -0.4 is 4.90 Å². The summed E-state index contributed by atoms with van der Waals surface area (Å²) in [5, 5.41) is 4.32. The molecule has 1 amide bonds. The Balaban J connectivity index is 2.06. The van der Waals surface area contributed by atoms with E-state index < -0.39 is 0 Å². The summed E-state index contributed by atoms with van der Waals surface area (Å²) in [4.78, 5) is 15.2. The molecule has 0 aliphatic rings. The predicted octanol–water partition coefficient (Wildman–Crippen LogP) is 4.19. The van der Waals surface area contributed by atoms with Gasteiger partial charge in [0.25, 0.3) is 5.91 Å². The van der Waals surface area contributed by atoms with Crippen LogP contribution in [0.15, 0.2) is 54.6 Å². The van der Waals surface area contributed by atoms with Gasteiger partial charge in [-0.05, 0) is 49.6 Å². The van der Waals surface area contributed by atoms with Crippen LogP contribution in [0.2, 0.25) is 0 Å². The Labute approximate surface area is 148 Å². The van der Waals surface area contributed by atoms with Crippen molar-refractivity contribution in [2.24, 2.45) is 7.05 Å². The van der Waals surface area contributed by atoms with Crippen molar-refractivity contribution in [1.82, 2.24) is 9.78 Å². The Morgan fingerprint density at radius 1 is 1.00 bits per heavy atom. The van der Waals surface area contributed by atoms with Gasteiger partial charge in [-0.15, -0.1) is 0 Å². The van der Waals surface area contributed by atoms with E-state index in [9.17, 15) is 4.79 Å². The molecule has 2 aromatic carbocycles. The maximum absolute atomic E-state index is 13.3. The van der Waals surface area contributed by atoms with Crippen LogP contribution in [0.3, 0.4) is 0 Å². The summed E-state index contributed by atoms with van der Waals surface area (Å²) in [5.41, 5.74) is 5.74. The van der Waals surface area contributed by atoms with E-state index in [0.717, 1.165) is 22.5 Å². The van der Waals surface area contributed by atoms with Crippen molar-refractivity contribution in [2.75, 3.05) is 4.90 Å². The largest absolute Gasteiger partial charge is 0.302 e. The fourth-order valence-corrected chi connectivity index (χ4v) is 3.04. The highest BCUT2D eigenvalue weighted by Gasteiger charge is 2.23. The summed E-state index contributed by atoms with van der Waals surface area (Å²) in [6.45, 7) is 6.53. The van der Waals surface area contributed by atoms with E-state index in [1.165, 1.54) is 5.56 Å². The molecule has 0 saturated heterocycles. The molecule has 4 heteroatoms. The standard InChI is InChI=1S/C21H23N3O/c1-15-9-5-7-11-18(15)14-24(19-12-8-6-10-16(19)2)21(25)20-13-17(3)22-23(20)4/h5-13H,14H2,1-4H3. The number of aromatic nitrogens is 2. The van der Waals surface area contributed by atoms with Crippen LogP contribution in [0.5, 0.6) is 0 Å². The normalized spacial score (nSPS) is 10.7. The molecule has 0 aliphatic carbocycles. The number of amides is 1. The summed E-state index contributed by atoms with van der Waals surface area (Å²) in [6.07, 6.45) is 0. The maximum Gasteiger partial charge on any atom is 0.276 e. The average molecular weight is 333 g/mol. The Bertz CT molecular complexity index is 911. The average Bonchev–Trinajstić information content (AvgIpc) is 2.93. The lowest BCUT2D eigenvalue weighted by atomic mass is 10.1. The van der Waals surface area contributed by atoms with Crippen molar-refractivity contribution < 1.29 is 4.79 Å². The lowest BCUT2D eigenvalue weighted by Crippen LogP contribution is -2.32. The second kappa shape index (κ2) is 6.93. The number of anilines is 1. The second-order valence-electron chi connectivity index (χ2n) is 6.40. The van der Waals surface area contributed by atoms with E-state index in [2.05, 4.69) is 24.2 Å². The van der Waals surface area contributed by atoms with Crippen LogP contribution in [0.4, 0.5) is 5.69 Å². The zero-order valence-electron chi connectivity index (χ0n) is 15.2. The zero-order chi connectivity index (χ0) is 18.0. The third-order valence-electron chi connectivity index (χ3n) is 4.46. The quantitative estimate of drug-likeness (QED) is 0.718. The Hall–Kier alpha value is -2.88. The van der Waals surface area contributed by atoms with Gasteiger partial charge < -0.3 is 4.90 Å². The summed E-state index contributed by atoms with van der Waals surface area (Å²) in [6, 6.07) is 18.0. The number of hydrogen-bond acceptors (Lipinski definition) is 2. The highest BCUT2D eigenvalue weighted by molar-refractivity contribution is 6.05. The van der Waals surface area contributed by atoms with Gasteiger partial charge in [0, 0.05) is 12.7 Å². The van der Waals surface area contributed by atoms with Gasteiger partial charge in [-0.25, -0.2) is 0 Å². The van der Waals surface area contributed by atoms with Crippen molar-refractivity contribution in [3.05, 3.63) is 82.7 Å². The van der Waals surface area contributed by atoms with Crippen LogP contribution in [-0.2, 0) is 13.6 Å². The fraction of sp³-hybridized carbons (Fsp3) is 0.238. The molecule has 25 heavy (non-hydrogen) atoms. The second-order valence-corrected chi connectivity index (χ2v) is 6.40. The van der Waals surface area contributed by atoms with Gasteiger partial charge in [0.1, 0.15) is 5.69 Å². The lowest BCUT2D eigenvalue weighted by molar-refractivity contribution is 0.0976. The van der Waals surface area contributed by atoms with E-state index in [1.54, 1.807) is 4.68 Å². The topological polar surface area (TPSA) is 38.1 Å². The number of carbonyl (C=O) groups is 1. The first-order valence-electron chi connectivity index (χ1n) is 8.40. The maximum atomic E-state index is 13.3. The van der Waals surface area contributed by atoms with E-state index >= 15 is 0 Å². The Morgan fingerprint density at radius 2 is 1.64 bits per heavy atom. The molecule has 0 unspecified atom stereocenters. The van der Waals surface area contributed by atoms with Gasteiger partial charge in [-0.3, -0.25) is 9.48 Å². The number of para-hydroxylation sites is 1. The molecule has 4 nitrogen and oxygen atoms in total. The first kappa shape index (κ1) is 17.0. The van der Waals surface area contributed by atoms with Gasteiger partial charge in [0.05, 0.1) is 12.2 Å². The molecule has 0 fully saturated rings. The minimum Gasteiger partial charge on any atom is -0.302 e. The first-order chi connectivity index (χ1) is 12.0. The minimum absolute atomic E-state index is 0.0411. The van der Waals surface area contributed by atoms with Crippen molar-refractivity contribution in [3.63, 3.8) is 0 Å². The highest BCUT2D eigenvalue weighted by atomic mass is 16.2. The van der Waals surface area contributed by atoms with Crippen LogP contribution >= 0.6 is 0 Å². The molecule has 1 aromatic heterocycles. The van der Waals surface area contributed by atoms with Crippen molar-refractivity contribution >= 4 is 11.6 Å². The number of aryl methyl sites for hydroxylation is 4. The summed E-state index contributed by atoms with van der Waals surface area (Å²) in [7, 11) is 1.81. The monoisotopic (exact) mass is 333 g/mol. The molecule has 0 spiro atoms. The highest BCUT2D eigenvalue weighted by Crippen LogP contribution is 2.25. The number of hydrogen-bond donors (Lipinski definition) is 0. The molecule has 0 radical (unpaired) electrons. The first-order valence-corrected chi connectivity index (χ1v) is 8.40. The molecule has 0 aliphatic heterocycles. The van der Waals surface area contributed by atoms with Gasteiger partial charge in [-0.2, -0.15) is 5.10 Å². The van der Waals surface area contributed by atoms with Gasteiger partial charge in [0.2, 0.25) is 0 Å².